The Morgan fingerprint density at radius 2 is 2.10 bits per heavy atom. The second-order valence-corrected chi connectivity index (χ2v) is 2.30. The third-order valence-corrected chi connectivity index (χ3v) is 1.61. The lowest BCUT2D eigenvalue weighted by Gasteiger charge is -1.79. The lowest BCUT2D eigenvalue weighted by atomic mass is 10.3. The molecule has 1 aromatic rings. The first kappa shape index (κ1) is 6.53. The Labute approximate surface area is 61.3 Å². The van der Waals surface area contributed by atoms with Gasteiger partial charge in [-0.05, 0) is 11.5 Å². The molecule has 0 aliphatic rings. The van der Waals surface area contributed by atoms with E-state index in [1.54, 1.807) is 12.1 Å². The summed E-state index contributed by atoms with van der Waals surface area (Å²) in [5.41, 5.74) is 5.61. The number of nitrogens with zero attached hydrogens (tertiary/aromatic N) is 3. The monoisotopic (exact) mass is 150 g/mol. The highest BCUT2D eigenvalue weighted by molar-refractivity contribution is 7.10. The molecule has 0 amide bonds. The van der Waals surface area contributed by atoms with Crippen LogP contribution in [-0.2, 0) is 0 Å². The summed E-state index contributed by atoms with van der Waals surface area (Å²) >= 11 is 0.963. The molecule has 0 saturated carbocycles. The fraction of sp³-hybridized carbons (Fsp3) is 0. The third-order valence-electron chi connectivity index (χ3n) is 0.936. The van der Waals surface area contributed by atoms with Gasteiger partial charge in [-0.3, -0.25) is 0 Å². The van der Waals surface area contributed by atoms with E-state index >= 15 is 0 Å². The zero-order valence-electron chi connectivity index (χ0n) is 4.83. The first-order valence-electron chi connectivity index (χ1n) is 2.35. The molecule has 0 fully saturated rings. The molecule has 1 aromatic heterocycles. The minimum absolute atomic E-state index is 0.116. The van der Waals surface area contributed by atoms with Crippen LogP contribution in [0.15, 0.2) is 0 Å². The summed E-state index contributed by atoms with van der Waals surface area (Å²) < 4.78 is 3.64. The molecule has 1 rings (SSSR count). The number of nitrogens with two attached hydrogens (primary N) is 1. The number of aromatic nitrogens is 1. The summed E-state index contributed by atoms with van der Waals surface area (Å²) in [5, 5.41) is 17.1. The molecule has 48 valence electrons. The Kier molecular flexibility index (Phi) is 1.53. The van der Waals surface area contributed by atoms with Crippen molar-refractivity contribution >= 4 is 16.5 Å². The van der Waals surface area contributed by atoms with Crippen molar-refractivity contribution in [2.75, 3.05) is 5.73 Å². The topological polar surface area (TPSA) is 86.5 Å². The average Bonchev–Trinajstić information content (AvgIpc) is 2.30. The van der Waals surface area contributed by atoms with Crippen LogP contribution < -0.4 is 5.73 Å². The van der Waals surface area contributed by atoms with Crippen molar-refractivity contribution in [3.63, 3.8) is 0 Å². The summed E-state index contributed by atoms with van der Waals surface area (Å²) in [6.07, 6.45) is 0. The van der Waals surface area contributed by atoms with Gasteiger partial charge in [-0.2, -0.15) is 14.9 Å². The Balaban J connectivity index is 3.34. The lowest BCUT2D eigenvalue weighted by molar-refractivity contribution is 1.38. The molecule has 0 atom stereocenters. The summed E-state index contributed by atoms with van der Waals surface area (Å²) in [6, 6.07) is 3.56. The molecule has 2 N–H and O–H groups in total. The third kappa shape index (κ3) is 0.790. The van der Waals surface area contributed by atoms with Gasteiger partial charge in [0.15, 0.2) is 5.69 Å². The van der Waals surface area contributed by atoms with Gasteiger partial charge in [0.05, 0.1) is 0 Å². The number of rotatable bonds is 0. The van der Waals surface area contributed by atoms with Crippen LogP contribution in [0.4, 0.5) is 5.00 Å². The minimum atomic E-state index is 0.116. The number of hydrogen-bond acceptors (Lipinski definition) is 5. The molecular weight excluding hydrogens is 148 g/mol. The quantitative estimate of drug-likeness (QED) is 0.582. The lowest BCUT2D eigenvalue weighted by Crippen LogP contribution is -1.84. The van der Waals surface area contributed by atoms with Crippen LogP contribution >= 0.6 is 11.5 Å². The second kappa shape index (κ2) is 2.34. The zero-order valence-corrected chi connectivity index (χ0v) is 5.64. The minimum Gasteiger partial charge on any atom is -0.388 e. The SMILES string of the molecule is N#Cc1nsc(N)c1C#N. The summed E-state index contributed by atoms with van der Waals surface area (Å²) in [6.45, 7) is 0. The summed E-state index contributed by atoms with van der Waals surface area (Å²) in [4.78, 5) is 0. The Hall–Kier alpha value is -1.59. The van der Waals surface area contributed by atoms with Crippen molar-refractivity contribution in [3.05, 3.63) is 11.3 Å². The van der Waals surface area contributed by atoms with E-state index in [-0.39, 0.29) is 11.3 Å². The molecule has 5 heteroatoms. The van der Waals surface area contributed by atoms with Gasteiger partial charge in [0, 0.05) is 0 Å². The van der Waals surface area contributed by atoms with Crippen molar-refractivity contribution < 1.29 is 0 Å². The van der Waals surface area contributed by atoms with Gasteiger partial charge in [0.2, 0.25) is 0 Å². The fourth-order valence-electron chi connectivity index (χ4n) is 0.487. The van der Waals surface area contributed by atoms with Gasteiger partial charge < -0.3 is 5.73 Å². The summed E-state index contributed by atoms with van der Waals surface area (Å²) in [7, 11) is 0. The van der Waals surface area contributed by atoms with E-state index in [0.717, 1.165) is 11.5 Å². The Morgan fingerprint density at radius 1 is 1.40 bits per heavy atom. The molecule has 1 heterocycles. The highest BCUT2D eigenvalue weighted by Crippen LogP contribution is 2.18. The predicted molar refractivity (Wildman–Crippen MR) is 36.0 cm³/mol. The fourth-order valence-corrected chi connectivity index (χ4v) is 1.04. The molecule has 0 radical (unpaired) electrons. The van der Waals surface area contributed by atoms with Crippen LogP contribution in [0.5, 0.6) is 0 Å². The van der Waals surface area contributed by atoms with E-state index in [2.05, 4.69) is 4.37 Å². The van der Waals surface area contributed by atoms with Crippen LogP contribution in [0.3, 0.4) is 0 Å². The van der Waals surface area contributed by atoms with E-state index in [1.807, 2.05) is 0 Å². The standard InChI is InChI=1S/C5H2N4S/c6-1-3-4(2-7)9-10-5(3)8/h8H2. The molecular formula is C5H2N4S. The number of hydrogen-bond donors (Lipinski definition) is 1. The van der Waals surface area contributed by atoms with Gasteiger partial charge in [-0.25, -0.2) is 0 Å². The maximum Gasteiger partial charge on any atom is 0.174 e. The normalized spacial score (nSPS) is 8.20. The van der Waals surface area contributed by atoms with E-state index in [0.29, 0.717) is 5.00 Å². The highest BCUT2D eigenvalue weighted by Gasteiger charge is 2.08. The van der Waals surface area contributed by atoms with Gasteiger partial charge in [-0.1, -0.05) is 0 Å². The maximum atomic E-state index is 8.40. The van der Waals surface area contributed by atoms with Crippen LogP contribution in [0.1, 0.15) is 11.3 Å². The number of nitrogen functional groups attached to an aromatic ring is 1. The van der Waals surface area contributed by atoms with E-state index in [1.165, 1.54) is 0 Å². The van der Waals surface area contributed by atoms with Crippen molar-refractivity contribution in [1.29, 1.82) is 10.5 Å². The highest BCUT2D eigenvalue weighted by atomic mass is 32.1. The molecule has 0 unspecified atom stereocenters. The molecule has 0 aliphatic carbocycles. The van der Waals surface area contributed by atoms with E-state index < -0.39 is 0 Å². The van der Waals surface area contributed by atoms with E-state index in [9.17, 15) is 0 Å². The number of anilines is 1. The number of nitriles is 2. The summed E-state index contributed by atoms with van der Waals surface area (Å²) in [5.74, 6) is 0. The van der Waals surface area contributed by atoms with Gasteiger partial charge in [-0.15, -0.1) is 0 Å². The first-order chi connectivity index (χ1) is 4.79. The first-order valence-corrected chi connectivity index (χ1v) is 3.12. The van der Waals surface area contributed by atoms with Crippen molar-refractivity contribution in [3.8, 4) is 12.1 Å². The molecule has 0 bridgehead atoms. The van der Waals surface area contributed by atoms with Crippen LogP contribution in [0, 0.1) is 22.7 Å². The van der Waals surface area contributed by atoms with Crippen LogP contribution in [-0.4, -0.2) is 4.37 Å². The van der Waals surface area contributed by atoms with Crippen molar-refractivity contribution in [2.24, 2.45) is 0 Å². The predicted octanol–water partition coefficient (Wildman–Crippen LogP) is 0.469. The van der Waals surface area contributed by atoms with E-state index in [4.69, 9.17) is 16.3 Å². The molecule has 0 aliphatic heterocycles. The van der Waals surface area contributed by atoms with Crippen LogP contribution in [0.2, 0.25) is 0 Å². The van der Waals surface area contributed by atoms with Crippen molar-refractivity contribution in [2.45, 2.75) is 0 Å². The molecule has 0 saturated heterocycles. The van der Waals surface area contributed by atoms with Crippen LogP contribution in [0.25, 0.3) is 0 Å². The molecule has 10 heavy (non-hydrogen) atoms. The largest absolute Gasteiger partial charge is 0.388 e. The van der Waals surface area contributed by atoms with Gasteiger partial charge in [0.25, 0.3) is 0 Å². The van der Waals surface area contributed by atoms with Gasteiger partial charge >= 0.3 is 0 Å². The molecule has 4 nitrogen and oxygen atoms in total. The smallest absolute Gasteiger partial charge is 0.174 e. The Bertz CT molecular complexity index is 326. The maximum absolute atomic E-state index is 8.40. The Morgan fingerprint density at radius 3 is 2.50 bits per heavy atom. The van der Waals surface area contributed by atoms with Crippen molar-refractivity contribution in [1.82, 2.24) is 4.37 Å². The average molecular weight is 150 g/mol. The molecule has 0 aromatic carbocycles. The van der Waals surface area contributed by atoms with Gasteiger partial charge in [0.1, 0.15) is 22.7 Å². The second-order valence-electron chi connectivity index (χ2n) is 1.49. The molecule has 0 spiro atoms. The zero-order chi connectivity index (χ0) is 7.56.